The lowest BCUT2D eigenvalue weighted by Gasteiger charge is -2.13. The van der Waals surface area contributed by atoms with Crippen LogP contribution in [0.1, 0.15) is 30.0 Å². The van der Waals surface area contributed by atoms with Gasteiger partial charge in [0.15, 0.2) is 11.6 Å². The molecule has 4 aromatic carbocycles. The Hall–Kier alpha value is -3.48. The van der Waals surface area contributed by atoms with Crippen LogP contribution in [-0.2, 0) is 19.3 Å². The summed E-state index contributed by atoms with van der Waals surface area (Å²) >= 11 is 0. The van der Waals surface area contributed by atoms with Gasteiger partial charge < -0.3 is 4.74 Å². The molecule has 7 heteroatoms. The normalized spacial score (nSPS) is 11.7. The summed E-state index contributed by atoms with van der Waals surface area (Å²) in [6.45, 7) is 2.14. The van der Waals surface area contributed by atoms with Gasteiger partial charge in [-0.3, -0.25) is 0 Å². The van der Waals surface area contributed by atoms with Crippen molar-refractivity contribution in [3.05, 3.63) is 101 Å². The van der Waals surface area contributed by atoms with Crippen LogP contribution in [0.15, 0.2) is 66.7 Å². The largest absolute Gasteiger partial charge is 0.573 e. The monoisotopic (exact) mass is 488 g/mol. The van der Waals surface area contributed by atoms with Crippen LogP contribution >= 0.6 is 0 Å². The minimum atomic E-state index is -5.26. The Labute approximate surface area is 199 Å². The molecule has 0 saturated carbocycles. The summed E-state index contributed by atoms with van der Waals surface area (Å²) < 4.78 is 84.0. The smallest absolute Gasteiger partial charge is 0.399 e. The quantitative estimate of drug-likeness (QED) is 0.237. The first-order valence-electron chi connectivity index (χ1n) is 11.2. The summed E-state index contributed by atoms with van der Waals surface area (Å²) in [6, 6.07) is 17.9. The molecule has 1 nitrogen and oxygen atoms in total. The molecule has 0 saturated heterocycles. The highest BCUT2D eigenvalue weighted by Gasteiger charge is 2.34. The topological polar surface area (TPSA) is 9.23 Å². The Kier molecular flexibility index (Phi) is 7.05. The lowest BCUT2D eigenvalue weighted by molar-refractivity contribution is -0.276. The summed E-state index contributed by atoms with van der Waals surface area (Å²) in [6.07, 6.45) is -1.54. The molecule has 35 heavy (non-hydrogen) atoms. The number of ether oxygens (including phenoxy) is 1. The fourth-order valence-electron chi connectivity index (χ4n) is 4.10. The molecular weight excluding hydrogens is 466 g/mol. The van der Waals surface area contributed by atoms with Gasteiger partial charge in [-0.25, -0.2) is 13.2 Å². The van der Waals surface area contributed by atoms with Gasteiger partial charge in [0.2, 0.25) is 5.75 Å². The summed E-state index contributed by atoms with van der Waals surface area (Å²) in [5, 5.41) is 0.853. The van der Waals surface area contributed by atoms with Gasteiger partial charge in [0.1, 0.15) is 5.82 Å². The summed E-state index contributed by atoms with van der Waals surface area (Å²) in [5.74, 6) is -5.44. The molecule has 0 aliphatic rings. The van der Waals surface area contributed by atoms with Crippen LogP contribution in [-0.4, -0.2) is 6.36 Å². The molecule has 0 fully saturated rings. The minimum Gasteiger partial charge on any atom is -0.399 e. The second-order valence-corrected chi connectivity index (χ2v) is 8.37. The van der Waals surface area contributed by atoms with E-state index in [0.29, 0.717) is 17.5 Å². The van der Waals surface area contributed by atoms with Crippen molar-refractivity contribution in [1.29, 1.82) is 0 Å². The molecule has 182 valence electrons. The van der Waals surface area contributed by atoms with Crippen molar-refractivity contribution in [3.63, 3.8) is 0 Å². The first-order chi connectivity index (χ1) is 16.6. The van der Waals surface area contributed by atoms with Crippen LogP contribution in [0, 0.1) is 17.5 Å². The SMILES string of the molecule is CCCc1ccc(CCc2ccc3c(F)c(-c4cc(F)c(OC(F)(F)F)c(F)c4)ccc3c2)cc1. The summed E-state index contributed by atoms with van der Waals surface area (Å²) in [7, 11) is 0. The highest BCUT2D eigenvalue weighted by atomic mass is 19.4. The van der Waals surface area contributed by atoms with Gasteiger partial charge in [-0.1, -0.05) is 67.9 Å². The zero-order valence-electron chi connectivity index (χ0n) is 18.9. The van der Waals surface area contributed by atoms with Crippen LogP contribution in [0.3, 0.4) is 0 Å². The molecule has 0 aliphatic carbocycles. The van der Waals surface area contributed by atoms with Gasteiger partial charge in [0.25, 0.3) is 0 Å². The average molecular weight is 488 g/mol. The van der Waals surface area contributed by atoms with Crippen LogP contribution in [0.5, 0.6) is 5.75 Å². The maximum Gasteiger partial charge on any atom is 0.573 e. The molecule has 0 heterocycles. The minimum absolute atomic E-state index is 0.131. The zero-order chi connectivity index (χ0) is 25.2. The molecule has 0 N–H and O–H groups in total. The maximum absolute atomic E-state index is 15.2. The van der Waals surface area contributed by atoms with Crippen LogP contribution in [0.4, 0.5) is 26.3 Å². The highest BCUT2D eigenvalue weighted by molar-refractivity contribution is 5.89. The van der Waals surface area contributed by atoms with Gasteiger partial charge in [-0.05, 0) is 59.0 Å². The first kappa shape index (κ1) is 24.6. The standard InChI is InChI=1S/C28H22F6O/c1-2-3-17-4-6-18(7-5-17)8-9-19-10-12-22-20(14-19)11-13-23(26(22)31)21-15-24(29)27(25(30)16-21)35-28(32,33)34/h4-7,10-16H,2-3,8-9H2,1H3. The molecule has 0 atom stereocenters. The Morgan fingerprint density at radius 2 is 1.26 bits per heavy atom. The highest BCUT2D eigenvalue weighted by Crippen LogP contribution is 2.35. The van der Waals surface area contributed by atoms with Crippen molar-refractivity contribution < 1.29 is 31.1 Å². The van der Waals surface area contributed by atoms with Crippen molar-refractivity contribution in [2.24, 2.45) is 0 Å². The molecule has 4 aromatic rings. The summed E-state index contributed by atoms with van der Waals surface area (Å²) in [5.41, 5.74) is 3.15. The number of benzene rings is 4. The fourth-order valence-corrected chi connectivity index (χ4v) is 4.10. The molecule has 0 aliphatic heterocycles. The lowest BCUT2D eigenvalue weighted by Crippen LogP contribution is -2.19. The van der Waals surface area contributed by atoms with Crippen molar-refractivity contribution in [1.82, 2.24) is 0 Å². The summed E-state index contributed by atoms with van der Waals surface area (Å²) in [4.78, 5) is 0. The van der Waals surface area contributed by atoms with Crippen LogP contribution < -0.4 is 4.74 Å². The van der Waals surface area contributed by atoms with Gasteiger partial charge in [-0.2, -0.15) is 0 Å². The van der Waals surface area contributed by atoms with E-state index < -0.39 is 29.6 Å². The Bertz CT molecular complexity index is 1320. The van der Waals surface area contributed by atoms with E-state index in [-0.39, 0.29) is 16.5 Å². The molecule has 4 rings (SSSR count). The second kappa shape index (κ2) is 10.0. The predicted molar refractivity (Wildman–Crippen MR) is 124 cm³/mol. The molecule has 0 radical (unpaired) electrons. The lowest BCUT2D eigenvalue weighted by atomic mass is 9.96. The number of hydrogen-bond donors (Lipinski definition) is 0. The van der Waals surface area contributed by atoms with E-state index in [2.05, 4.69) is 35.9 Å². The Morgan fingerprint density at radius 1 is 0.686 bits per heavy atom. The fraction of sp³-hybridized carbons (Fsp3) is 0.214. The number of aryl methyl sites for hydroxylation is 3. The van der Waals surface area contributed by atoms with E-state index in [0.717, 1.165) is 31.2 Å². The molecule has 0 spiro atoms. The van der Waals surface area contributed by atoms with E-state index in [1.807, 2.05) is 6.07 Å². The van der Waals surface area contributed by atoms with Crippen LogP contribution in [0.25, 0.3) is 21.9 Å². The zero-order valence-corrected chi connectivity index (χ0v) is 18.9. The van der Waals surface area contributed by atoms with E-state index in [1.54, 1.807) is 18.2 Å². The molecule has 0 unspecified atom stereocenters. The Balaban J connectivity index is 1.56. The van der Waals surface area contributed by atoms with Gasteiger partial charge in [-0.15, -0.1) is 13.2 Å². The predicted octanol–water partition coefficient (Wildman–Crippen LogP) is 8.56. The van der Waals surface area contributed by atoms with Gasteiger partial charge in [0.05, 0.1) is 0 Å². The third kappa shape index (κ3) is 5.78. The average Bonchev–Trinajstić information content (AvgIpc) is 2.81. The van der Waals surface area contributed by atoms with E-state index in [1.165, 1.54) is 17.2 Å². The van der Waals surface area contributed by atoms with Crippen molar-refractivity contribution in [2.45, 2.75) is 39.0 Å². The van der Waals surface area contributed by atoms with Gasteiger partial charge in [0, 0.05) is 10.9 Å². The first-order valence-corrected chi connectivity index (χ1v) is 11.2. The number of rotatable bonds is 7. The van der Waals surface area contributed by atoms with Crippen LogP contribution in [0.2, 0.25) is 0 Å². The number of hydrogen-bond acceptors (Lipinski definition) is 1. The van der Waals surface area contributed by atoms with E-state index in [9.17, 15) is 22.0 Å². The van der Waals surface area contributed by atoms with E-state index in [4.69, 9.17) is 0 Å². The van der Waals surface area contributed by atoms with E-state index >= 15 is 4.39 Å². The number of fused-ring (bicyclic) bond motifs is 1. The number of alkyl halides is 3. The molecule has 0 amide bonds. The number of halogens is 6. The van der Waals surface area contributed by atoms with Crippen molar-refractivity contribution in [3.8, 4) is 16.9 Å². The van der Waals surface area contributed by atoms with Crippen molar-refractivity contribution >= 4 is 10.8 Å². The van der Waals surface area contributed by atoms with Gasteiger partial charge >= 0.3 is 6.36 Å². The third-order valence-electron chi connectivity index (χ3n) is 5.81. The Morgan fingerprint density at radius 3 is 1.86 bits per heavy atom. The molecule has 0 bridgehead atoms. The van der Waals surface area contributed by atoms with Crippen molar-refractivity contribution in [2.75, 3.05) is 0 Å². The molecule has 0 aromatic heterocycles. The second-order valence-electron chi connectivity index (χ2n) is 8.37. The maximum atomic E-state index is 15.2. The molecular formula is C28H22F6O. The third-order valence-corrected chi connectivity index (χ3v) is 5.81.